The largest absolute Gasteiger partial charge is 0.458 e. The second-order valence-electron chi connectivity index (χ2n) is 5.58. The van der Waals surface area contributed by atoms with Gasteiger partial charge in [-0.3, -0.25) is 0 Å². The molecule has 2 heteroatoms. The van der Waals surface area contributed by atoms with Gasteiger partial charge in [0.15, 0.2) is 0 Å². The molecule has 2 nitrogen and oxygen atoms in total. The fraction of sp³-hybridized carbons (Fsp3) is 0.533. The average Bonchev–Trinajstić information content (AvgIpc) is 2.71. The van der Waals surface area contributed by atoms with E-state index in [0.29, 0.717) is 17.4 Å². The summed E-state index contributed by atoms with van der Waals surface area (Å²) in [5, 5.41) is 0. The van der Waals surface area contributed by atoms with Crippen LogP contribution >= 0.6 is 0 Å². The van der Waals surface area contributed by atoms with Crippen molar-refractivity contribution < 1.29 is 9.53 Å². The number of rotatable bonds is 0. The molecule has 0 aromatic heterocycles. The van der Waals surface area contributed by atoms with Crippen LogP contribution in [0.25, 0.3) is 0 Å². The van der Waals surface area contributed by atoms with Gasteiger partial charge in [0.05, 0.1) is 0 Å². The molecular formula is C15H18O2. The highest BCUT2D eigenvalue weighted by molar-refractivity contribution is 5.90. The number of fused-ring (bicyclic) bond motifs is 2. The molecule has 1 heterocycles. The predicted octanol–water partition coefficient (Wildman–Crippen LogP) is 3.02. The lowest BCUT2D eigenvalue weighted by Gasteiger charge is -2.20. The van der Waals surface area contributed by atoms with Gasteiger partial charge in [-0.15, -0.1) is 0 Å². The highest BCUT2D eigenvalue weighted by atomic mass is 16.6. The molecule has 4 atom stereocenters. The summed E-state index contributed by atoms with van der Waals surface area (Å²) in [4.78, 5) is 11.6. The van der Waals surface area contributed by atoms with Gasteiger partial charge in [-0.25, -0.2) is 4.79 Å². The first-order valence-electron chi connectivity index (χ1n) is 6.33. The first-order valence-corrected chi connectivity index (χ1v) is 6.33. The average molecular weight is 230 g/mol. The second-order valence-corrected chi connectivity index (χ2v) is 5.58. The van der Waals surface area contributed by atoms with E-state index in [4.69, 9.17) is 4.74 Å². The Bertz CT molecular complexity index is 432. The maximum atomic E-state index is 11.6. The number of allylic oxidation sites excluding steroid dienone is 1. The van der Waals surface area contributed by atoms with Gasteiger partial charge < -0.3 is 4.74 Å². The lowest BCUT2D eigenvalue weighted by atomic mass is 9.83. The van der Waals surface area contributed by atoms with E-state index in [9.17, 15) is 4.79 Å². The van der Waals surface area contributed by atoms with Crippen molar-refractivity contribution in [2.45, 2.75) is 31.8 Å². The lowest BCUT2D eigenvalue weighted by molar-refractivity contribution is -0.139. The molecule has 0 amide bonds. The van der Waals surface area contributed by atoms with Gasteiger partial charge >= 0.3 is 5.97 Å². The molecular weight excluding hydrogens is 212 g/mol. The van der Waals surface area contributed by atoms with Crippen LogP contribution < -0.4 is 0 Å². The fourth-order valence-electron chi connectivity index (χ4n) is 3.66. The summed E-state index contributed by atoms with van der Waals surface area (Å²) in [6.07, 6.45) is 4.04. The number of carbonyl (C=O) groups excluding carboxylic acids is 1. The molecule has 1 aliphatic heterocycles. The molecule has 3 rings (SSSR count). The van der Waals surface area contributed by atoms with Crippen LogP contribution in [-0.2, 0) is 9.53 Å². The van der Waals surface area contributed by atoms with Crippen LogP contribution in [-0.4, -0.2) is 12.1 Å². The van der Waals surface area contributed by atoms with E-state index in [0.717, 1.165) is 19.3 Å². The fourth-order valence-corrected chi connectivity index (χ4v) is 3.66. The quantitative estimate of drug-likeness (QED) is 0.363. The molecule has 0 aromatic rings. The predicted molar refractivity (Wildman–Crippen MR) is 66.2 cm³/mol. The zero-order valence-electron chi connectivity index (χ0n) is 10.1. The highest BCUT2D eigenvalue weighted by Gasteiger charge is 2.46. The topological polar surface area (TPSA) is 26.3 Å². The molecule has 2 aliphatic carbocycles. The molecule has 0 N–H and O–H groups in total. The van der Waals surface area contributed by atoms with Crippen LogP contribution in [0, 0.1) is 17.8 Å². The standard InChI is InChI=1S/C15H18O2/c1-8-4-5-11-9(2)6-14-13(7-12(8)11)10(3)15(16)17-14/h11-14H,1-7H2/t11-,12-,13+,14+/m0/s1. The Morgan fingerprint density at radius 2 is 1.82 bits per heavy atom. The Labute approximate surface area is 102 Å². The monoisotopic (exact) mass is 230 g/mol. The SMILES string of the molecule is C=C1C(=O)O[C@@H]2CC(=C)[C@@H]3CCC(=C)[C@@H]3C[C@H]12. The molecule has 3 aliphatic rings. The second kappa shape index (κ2) is 3.59. The van der Waals surface area contributed by atoms with Gasteiger partial charge in [0.2, 0.25) is 0 Å². The van der Waals surface area contributed by atoms with Gasteiger partial charge in [-0.2, -0.15) is 0 Å². The third-order valence-corrected chi connectivity index (χ3v) is 4.70. The summed E-state index contributed by atoms with van der Waals surface area (Å²) >= 11 is 0. The Hall–Kier alpha value is -1.31. The van der Waals surface area contributed by atoms with E-state index in [1.54, 1.807) is 0 Å². The number of hydrogen-bond acceptors (Lipinski definition) is 2. The van der Waals surface area contributed by atoms with Crippen LogP contribution in [0.4, 0.5) is 0 Å². The molecule has 17 heavy (non-hydrogen) atoms. The van der Waals surface area contributed by atoms with Gasteiger partial charge in [-0.05, 0) is 31.1 Å². The van der Waals surface area contributed by atoms with Gasteiger partial charge in [0, 0.05) is 17.9 Å². The van der Waals surface area contributed by atoms with Crippen molar-refractivity contribution in [1.82, 2.24) is 0 Å². The molecule has 2 saturated carbocycles. The molecule has 1 saturated heterocycles. The smallest absolute Gasteiger partial charge is 0.334 e. The van der Waals surface area contributed by atoms with Crippen LogP contribution in [0.1, 0.15) is 25.7 Å². The van der Waals surface area contributed by atoms with Crippen molar-refractivity contribution in [3.8, 4) is 0 Å². The van der Waals surface area contributed by atoms with Crippen molar-refractivity contribution in [2.24, 2.45) is 17.8 Å². The summed E-state index contributed by atoms with van der Waals surface area (Å²) in [5.41, 5.74) is 3.22. The van der Waals surface area contributed by atoms with Crippen LogP contribution in [0.15, 0.2) is 36.5 Å². The minimum atomic E-state index is -0.213. The van der Waals surface area contributed by atoms with E-state index in [-0.39, 0.29) is 18.0 Å². The summed E-state index contributed by atoms with van der Waals surface area (Å²) in [7, 11) is 0. The summed E-state index contributed by atoms with van der Waals surface area (Å²) in [5.74, 6) is 1.02. The van der Waals surface area contributed by atoms with E-state index < -0.39 is 0 Å². The molecule has 0 spiro atoms. The molecule has 3 fully saturated rings. The molecule has 0 radical (unpaired) electrons. The van der Waals surface area contributed by atoms with E-state index >= 15 is 0 Å². The molecule has 0 unspecified atom stereocenters. The Balaban J connectivity index is 1.93. The van der Waals surface area contributed by atoms with Crippen molar-refractivity contribution in [3.63, 3.8) is 0 Å². The van der Waals surface area contributed by atoms with E-state index in [1.165, 1.54) is 17.6 Å². The number of carbonyl (C=O) groups is 1. The van der Waals surface area contributed by atoms with Crippen LogP contribution in [0.5, 0.6) is 0 Å². The number of hydrogen-bond donors (Lipinski definition) is 0. The first kappa shape index (κ1) is 10.8. The molecule has 0 aromatic carbocycles. The lowest BCUT2D eigenvalue weighted by Crippen LogP contribution is -2.16. The zero-order chi connectivity index (χ0) is 12.2. The summed E-state index contributed by atoms with van der Waals surface area (Å²) in [6, 6.07) is 0. The van der Waals surface area contributed by atoms with Gasteiger partial charge in [0.1, 0.15) is 6.10 Å². The Morgan fingerprint density at radius 1 is 1.06 bits per heavy atom. The summed E-state index contributed by atoms with van der Waals surface area (Å²) < 4.78 is 5.40. The van der Waals surface area contributed by atoms with E-state index in [1.807, 2.05) is 0 Å². The number of ether oxygens (including phenoxy) is 1. The van der Waals surface area contributed by atoms with Crippen molar-refractivity contribution in [1.29, 1.82) is 0 Å². The Kier molecular flexibility index (Phi) is 2.29. The summed E-state index contributed by atoms with van der Waals surface area (Å²) in [6.45, 7) is 12.3. The normalized spacial score (nSPS) is 40.9. The first-order chi connectivity index (χ1) is 8.08. The number of esters is 1. The highest BCUT2D eigenvalue weighted by Crippen LogP contribution is 2.50. The van der Waals surface area contributed by atoms with Crippen molar-refractivity contribution in [2.75, 3.05) is 0 Å². The van der Waals surface area contributed by atoms with Crippen molar-refractivity contribution in [3.05, 3.63) is 36.5 Å². The Morgan fingerprint density at radius 3 is 2.59 bits per heavy atom. The van der Waals surface area contributed by atoms with Crippen molar-refractivity contribution >= 4 is 5.97 Å². The third kappa shape index (κ3) is 1.50. The minimum absolute atomic E-state index is 0.0131. The van der Waals surface area contributed by atoms with E-state index in [2.05, 4.69) is 19.7 Å². The zero-order valence-corrected chi connectivity index (χ0v) is 10.1. The van der Waals surface area contributed by atoms with Gasteiger partial charge in [-0.1, -0.05) is 30.9 Å². The molecule has 0 bridgehead atoms. The van der Waals surface area contributed by atoms with Crippen LogP contribution in [0.2, 0.25) is 0 Å². The molecule has 90 valence electrons. The van der Waals surface area contributed by atoms with Gasteiger partial charge in [0.25, 0.3) is 0 Å². The maximum absolute atomic E-state index is 11.6. The third-order valence-electron chi connectivity index (χ3n) is 4.70. The van der Waals surface area contributed by atoms with Crippen LogP contribution in [0.3, 0.4) is 0 Å². The maximum Gasteiger partial charge on any atom is 0.334 e. The minimum Gasteiger partial charge on any atom is -0.458 e.